The van der Waals surface area contributed by atoms with Gasteiger partial charge in [0.2, 0.25) is 5.88 Å². The highest BCUT2D eigenvalue weighted by atomic mass is 79.9. The molecule has 0 unspecified atom stereocenters. The van der Waals surface area contributed by atoms with Gasteiger partial charge in [-0.15, -0.1) is 0 Å². The van der Waals surface area contributed by atoms with Crippen molar-refractivity contribution in [3.05, 3.63) is 68.0 Å². The monoisotopic (exact) mass is 425 g/mol. The Morgan fingerprint density at radius 1 is 1.15 bits per heavy atom. The van der Waals surface area contributed by atoms with Crippen molar-refractivity contribution in [3.63, 3.8) is 0 Å². The molecule has 2 aromatic carbocycles. The zero-order chi connectivity index (χ0) is 18.4. The van der Waals surface area contributed by atoms with E-state index < -0.39 is 0 Å². The van der Waals surface area contributed by atoms with Gasteiger partial charge in [0.05, 0.1) is 11.4 Å². The van der Waals surface area contributed by atoms with Gasteiger partial charge in [0, 0.05) is 21.8 Å². The first kappa shape index (κ1) is 17.0. The maximum Gasteiger partial charge on any atom is 0.222 e. The van der Waals surface area contributed by atoms with Crippen molar-refractivity contribution in [2.75, 3.05) is 0 Å². The van der Waals surface area contributed by atoms with Gasteiger partial charge >= 0.3 is 0 Å². The van der Waals surface area contributed by atoms with Gasteiger partial charge in [-0.2, -0.15) is 0 Å². The molecule has 1 aliphatic rings. The molecule has 0 fully saturated rings. The van der Waals surface area contributed by atoms with Crippen molar-refractivity contribution >= 4 is 51.7 Å². The van der Waals surface area contributed by atoms with Crippen molar-refractivity contribution < 1.29 is 5.11 Å². The van der Waals surface area contributed by atoms with Gasteiger partial charge in [0.25, 0.3) is 0 Å². The highest BCUT2D eigenvalue weighted by Crippen LogP contribution is 2.36. The Bertz CT molecular complexity index is 1150. The van der Waals surface area contributed by atoms with Crippen LogP contribution in [0.25, 0.3) is 17.3 Å². The molecule has 1 aliphatic heterocycles. The number of benzene rings is 2. The summed E-state index contributed by atoms with van der Waals surface area (Å²) in [5, 5.41) is 10.8. The maximum atomic E-state index is 10.8. The van der Waals surface area contributed by atoms with Crippen LogP contribution in [-0.4, -0.2) is 20.9 Å². The molecule has 130 valence electrons. The molecule has 4 nitrogen and oxygen atoms in total. The molecule has 26 heavy (non-hydrogen) atoms. The van der Waals surface area contributed by atoms with Crippen LogP contribution in [0.15, 0.2) is 45.9 Å². The molecular weight excluding hydrogens is 410 g/mol. The van der Waals surface area contributed by atoms with Crippen molar-refractivity contribution in [1.29, 1.82) is 0 Å². The van der Waals surface area contributed by atoms with Crippen LogP contribution in [0.1, 0.15) is 22.4 Å². The number of aromatic amines is 1. The molecule has 2 N–H and O–H groups in total. The summed E-state index contributed by atoms with van der Waals surface area (Å²) in [7, 11) is 0. The van der Waals surface area contributed by atoms with E-state index in [-0.39, 0.29) is 5.88 Å². The molecule has 4 rings (SSSR count). The number of imidazole rings is 1. The Morgan fingerprint density at radius 2 is 1.96 bits per heavy atom. The van der Waals surface area contributed by atoms with Crippen LogP contribution in [0.5, 0.6) is 5.88 Å². The number of aryl methyl sites for hydroxylation is 2. The average Bonchev–Trinajstić information content (AvgIpc) is 3.11. The summed E-state index contributed by atoms with van der Waals surface area (Å²) in [6.07, 6.45) is 3.66. The predicted molar refractivity (Wildman–Crippen MR) is 112 cm³/mol. The lowest BCUT2D eigenvalue weighted by Gasteiger charge is -2.07. The Kier molecular flexibility index (Phi) is 4.17. The van der Waals surface area contributed by atoms with Crippen molar-refractivity contribution in [2.45, 2.75) is 13.8 Å². The number of fused-ring (bicyclic) bond motifs is 1. The van der Waals surface area contributed by atoms with Gasteiger partial charge < -0.3 is 10.1 Å². The first-order valence-corrected chi connectivity index (χ1v) is 9.31. The summed E-state index contributed by atoms with van der Waals surface area (Å²) in [5.74, 6) is 0.0857. The molecule has 2 heterocycles. The number of rotatable bonds is 2. The number of aliphatic imine (C=N–C) groups is 1. The Labute approximate surface area is 164 Å². The molecule has 3 aromatic rings. The molecule has 0 bridgehead atoms. The summed E-state index contributed by atoms with van der Waals surface area (Å²) in [6.45, 7) is 4.10. The molecule has 0 saturated heterocycles. The fourth-order valence-corrected chi connectivity index (χ4v) is 3.64. The maximum absolute atomic E-state index is 10.8. The minimum Gasteiger partial charge on any atom is -0.493 e. The van der Waals surface area contributed by atoms with Crippen LogP contribution in [0.3, 0.4) is 0 Å². The second-order valence-corrected chi connectivity index (χ2v) is 7.59. The highest BCUT2D eigenvalue weighted by Gasteiger charge is 2.16. The lowest BCUT2D eigenvalue weighted by Crippen LogP contribution is -1.95. The van der Waals surface area contributed by atoms with E-state index in [1.807, 2.05) is 49.4 Å². The minimum absolute atomic E-state index is 0.0857. The minimum atomic E-state index is 0.0857. The first-order valence-electron chi connectivity index (χ1n) is 8.11. The number of aromatic hydroxyl groups is 1. The molecule has 1 aromatic heterocycles. The molecule has 0 amide bonds. The van der Waals surface area contributed by atoms with E-state index in [1.165, 1.54) is 5.56 Å². The second kappa shape index (κ2) is 6.37. The Balaban J connectivity index is 1.82. The summed E-state index contributed by atoms with van der Waals surface area (Å²) in [6, 6.07) is 11.9. The second-order valence-electron chi connectivity index (χ2n) is 6.29. The standard InChI is InChI=1S/C20H16BrN3OS/c1-11-3-5-15(7-12(11)2)24-19(25)18(23-20(24)26)8-13-10-22-17-6-4-14(21)9-16(13)17/h3-10,25H,1-2H3,(H,23,26). The lowest BCUT2D eigenvalue weighted by molar-refractivity contribution is 0.441. The molecule has 0 spiro atoms. The first-order chi connectivity index (χ1) is 12.4. The van der Waals surface area contributed by atoms with Crippen LogP contribution in [0.2, 0.25) is 0 Å². The summed E-state index contributed by atoms with van der Waals surface area (Å²) >= 11 is 8.93. The molecule has 0 radical (unpaired) electrons. The number of nitrogens with one attached hydrogen (secondary N) is 1. The van der Waals surface area contributed by atoms with E-state index >= 15 is 0 Å². The third-order valence-electron chi connectivity index (χ3n) is 4.56. The van der Waals surface area contributed by atoms with Gasteiger partial charge in [-0.1, -0.05) is 22.0 Å². The van der Waals surface area contributed by atoms with E-state index in [1.54, 1.807) is 10.8 Å². The number of H-pyrrole nitrogens is 1. The third kappa shape index (κ3) is 2.85. The number of aromatic nitrogens is 2. The number of hydrogen-bond donors (Lipinski definition) is 2. The van der Waals surface area contributed by atoms with E-state index in [4.69, 9.17) is 12.2 Å². The van der Waals surface area contributed by atoms with E-state index in [9.17, 15) is 5.11 Å². The number of allylic oxidation sites excluding steroid dienone is 1. The molecule has 0 aliphatic carbocycles. The van der Waals surface area contributed by atoms with E-state index in [2.05, 4.69) is 32.8 Å². The summed E-state index contributed by atoms with van der Waals surface area (Å²) < 4.78 is 3.07. The van der Waals surface area contributed by atoms with Crippen LogP contribution in [0.4, 0.5) is 5.69 Å². The van der Waals surface area contributed by atoms with Crippen molar-refractivity contribution in [1.82, 2.24) is 9.55 Å². The Morgan fingerprint density at radius 3 is 2.73 bits per heavy atom. The van der Waals surface area contributed by atoms with E-state index in [0.29, 0.717) is 10.5 Å². The highest BCUT2D eigenvalue weighted by molar-refractivity contribution is 9.10. The predicted octanol–water partition coefficient (Wildman–Crippen LogP) is 5.88. The normalized spacial score (nSPS) is 14.2. The zero-order valence-electron chi connectivity index (χ0n) is 14.2. The zero-order valence-corrected chi connectivity index (χ0v) is 16.6. The SMILES string of the molecule is Cc1ccc(-n2c(O)c(C=C3C=Nc4ccc(Br)cc43)[nH]c2=S)cc1C. The van der Waals surface area contributed by atoms with Crippen LogP contribution >= 0.6 is 28.1 Å². The lowest BCUT2D eigenvalue weighted by atomic mass is 10.1. The van der Waals surface area contributed by atoms with Gasteiger partial charge in [-0.05, 0) is 73.6 Å². The number of hydrogen-bond acceptors (Lipinski definition) is 3. The average molecular weight is 426 g/mol. The van der Waals surface area contributed by atoms with Crippen LogP contribution in [-0.2, 0) is 0 Å². The third-order valence-corrected chi connectivity index (χ3v) is 5.34. The van der Waals surface area contributed by atoms with Gasteiger partial charge in [0.15, 0.2) is 4.77 Å². The number of nitrogens with zero attached hydrogens (tertiary/aromatic N) is 2. The van der Waals surface area contributed by atoms with Crippen molar-refractivity contribution in [3.8, 4) is 11.6 Å². The van der Waals surface area contributed by atoms with Crippen molar-refractivity contribution in [2.24, 2.45) is 4.99 Å². The smallest absolute Gasteiger partial charge is 0.222 e. The fraction of sp³-hybridized carbons (Fsp3) is 0.100. The largest absolute Gasteiger partial charge is 0.493 e. The Hall–Kier alpha value is -2.44. The van der Waals surface area contributed by atoms with E-state index in [0.717, 1.165) is 32.5 Å². The summed E-state index contributed by atoms with van der Waals surface area (Å²) in [5.41, 5.74) is 6.57. The number of halogens is 1. The quantitative estimate of drug-likeness (QED) is 0.503. The fourth-order valence-electron chi connectivity index (χ4n) is 2.98. The topological polar surface area (TPSA) is 53.3 Å². The summed E-state index contributed by atoms with van der Waals surface area (Å²) in [4.78, 5) is 7.51. The molecular formula is C20H16BrN3OS. The van der Waals surface area contributed by atoms with Crippen LogP contribution in [0, 0.1) is 18.6 Å². The van der Waals surface area contributed by atoms with Gasteiger partial charge in [0.1, 0.15) is 5.69 Å². The molecule has 0 atom stereocenters. The van der Waals surface area contributed by atoms with Crippen LogP contribution < -0.4 is 0 Å². The van der Waals surface area contributed by atoms with Gasteiger partial charge in [-0.25, -0.2) is 0 Å². The molecule has 0 saturated carbocycles. The molecule has 6 heteroatoms. The van der Waals surface area contributed by atoms with Gasteiger partial charge in [-0.3, -0.25) is 9.56 Å².